The summed E-state index contributed by atoms with van der Waals surface area (Å²) >= 11 is 0. The molecule has 0 aromatic rings. The Morgan fingerprint density at radius 1 is 1.56 bits per heavy atom. The van der Waals surface area contributed by atoms with E-state index in [-0.39, 0.29) is 17.9 Å². The molecule has 1 saturated heterocycles. The van der Waals surface area contributed by atoms with Gasteiger partial charge >= 0.3 is 0 Å². The van der Waals surface area contributed by atoms with E-state index >= 15 is 0 Å². The summed E-state index contributed by atoms with van der Waals surface area (Å²) < 4.78 is 0. The van der Waals surface area contributed by atoms with Gasteiger partial charge in [0.1, 0.15) is 6.04 Å². The second kappa shape index (κ2) is 5.30. The highest BCUT2D eigenvalue weighted by Crippen LogP contribution is 2.21. The summed E-state index contributed by atoms with van der Waals surface area (Å²) in [7, 11) is 0. The van der Waals surface area contributed by atoms with Crippen LogP contribution < -0.4 is 5.32 Å². The number of β-amino-alcohol motifs (C(OH)–C–C–N with tert-alkyl or cyclic N) is 1. The van der Waals surface area contributed by atoms with Gasteiger partial charge in [0.2, 0.25) is 11.8 Å². The molecule has 1 rings (SSSR count). The van der Waals surface area contributed by atoms with Crippen LogP contribution in [0.15, 0.2) is 0 Å². The second-order valence-electron chi connectivity index (χ2n) is 4.36. The molecule has 92 valence electrons. The first-order chi connectivity index (χ1) is 7.45. The summed E-state index contributed by atoms with van der Waals surface area (Å²) in [6.07, 6.45) is 1.03. The predicted molar refractivity (Wildman–Crippen MR) is 59.7 cm³/mol. The van der Waals surface area contributed by atoms with Crippen LogP contribution in [0.5, 0.6) is 0 Å². The van der Waals surface area contributed by atoms with Crippen molar-refractivity contribution in [3.63, 3.8) is 0 Å². The highest BCUT2D eigenvalue weighted by atomic mass is 16.3. The Hall–Kier alpha value is -1.10. The third kappa shape index (κ3) is 2.95. The third-order valence-corrected chi connectivity index (χ3v) is 2.94. The van der Waals surface area contributed by atoms with E-state index in [9.17, 15) is 14.7 Å². The zero-order chi connectivity index (χ0) is 12.3. The molecular formula is C11H20N2O3. The number of aliphatic hydroxyl groups excluding tert-OH is 1. The highest BCUT2D eigenvalue weighted by Gasteiger charge is 2.35. The molecule has 0 aliphatic carbocycles. The van der Waals surface area contributed by atoms with Crippen molar-refractivity contribution in [2.24, 2.45) is 0 Å². The molecule has 1 aliphatic heterocycles. The lowest BCUT2D eigenvalue weighted by atomic mass is 10.1. The second-order valence-corrected chi connectivity index (χ2v) is 4.36. The Bertz CT molecular complexity index is 280. The molecule has 0 spiro atoms. The number of nitrogens with one attached hydrogen (secondary N) is 1. The van der Waals surface area contributed by atoms with E-state index in [2.05, 4.69) is 5.32 Å². The normalized spacial score (nSPS) is 26.6. The molecule has 1 aliphatic rings. The first-order valence-corrected chi connectivity index (χ1v) is 5.71. The first kappa shape index (κ1) is 13.0. The van der Waals surface area contributed by atoms with Crippen LogP contribution >= 0.6 is 0 Å². The zero-order valence-corrected chi connectivity index (χ0v) is 10.1. The van der Waals surface area contributed by atoms with Gasteiger partial charge in [0.25, 0.3) is 0 Å². The van der Waals surface area contributed by atoms with Gasteiger partial charge in [0.05, 0.1) is 6.10 Å². The molecule has 2 N–H and O–H groups in total. The average Bonchev–Trinajstić information content (AvgIpc) is 2.57. The number of carbonyl (C=O) groups is 2. The maximum absolute atomic E-state index is 12.0. The fraction of sp³-hybridized carbons (Fsp3) is 0.818. The van der Waals surface area contributed by atoms with Crippen LogP contribution in [0.2, 0.25) is 0 Å². The monoisotopic (exact) mass is 228 g/mol. The van der Waals surface area contributed by atoms with Crippen molar-refractivity contribution >= 4 is 11.8 Å². The summed E-state index contributed by atoms with van der Waals surface area (Å²) in [6, 6.07) is -0.421. The molecule has 1 unspecified atom stereocenters. The minimum absolute atomic E-state index is 0.0960. The van der Waals surface area contributed by atoms with Gasteiger partial charge in [-0.2, -0.15) is 0 Å². The summed E-state index contributed by atoms with van der Waals surface area (Å²) in [5.41, 5.74) is 0. The van der Waals surface area contributed by atoms with Gasteiger partial charge in [0.15, 0.2) is 0 Å². The highest BCUT2D eigenvalue weighted by molar-refractivity contribution is 5.86. The fourth-order valence-corrected chi connectivity index (χ4v) is 2.16. The molecule has 0 aromatic carbocycles. The van der Waals surface area contributed by atoms with Crippen molar-refractivity contribution in [2.75, 3.05) is 6.54 Å². The summed E-state index contributed by atoms with van der Waals surface area (Å²) in [5.74, 6) is -0.327. The van der Waals surface area contributed by atoms with E-state index in [0.717, 1.165) is 6.42 Å². The smallest absolute Gasteiger partial charge is 0.245 e. The summed E-state index contributed by atoms with van der Waals surface area (Å²) in [5, 5.41) is 12.1. The Kier molecular flexibility index (Phi) is 4.29. The fourth-order valence-electron chi connectivity index (χ4n) is 2.16. The Balaban J connectivity index is 2.62. The maximum Gasteiger partial charge on any atom is 0.245 e. The van der Waals surface area contributed by atoms with Crippen molar-refractivity contribution in [3.05, 3.63) is 0 Å². The molecule has 0 bridgehead atoms. The average molecular weight is 228 g/mol. The van der Waals surface area contributed by atoms with Crippen LogP contribution in [0, 0.1) is 0 Å². The molecule has 1 fully saturated rings. The number of hydrogen-bond acceptors (Lipinski definition) is 3. The number of nitrogens with zero attached hydrogens (tertiary/aromatic N) is 1. The lowest BCUT2D eigenvalue weighted by Crippen LogP contribution is -2.48. The van der Waals surface area contributed by atoms with Crippen LogP contribution in [0.25, 0.3) is 0 Å². The number of aliphatic hydroxyl groups is 1. The van der Waals surface area contributed by atoms with Crippen molar-refractivity contribution in [1.82, 2.24) is 10.2 Å². The third-order valence-electron chi connectivity index (χ3n) is 2.94. The van der Waals surface area contributed by atoms with Gasteiger partial charge < -0.3 is 15.3 Å². The molecular weight excluding hydrogens is 208 g/mol. The maximum atomic E-state index is 12.0. The minimum Gasteiger partial charge on any atom is -0.391 e. The number of hydrogen-bond donors (Lipinski definition) is 2. The SMILES string of the molecule is CCC1C[C@@H](O)CN1C(=O)[C@H](C)NC(C)=O. The minimum atomic E-state index is -0.517. The molecule has 16 heavy (non-hydrogen) atoms. The summed E-state index contributed by atoms with van der Waals surface area (Å²) in [4.78, 5) is 24.5. The topological polar surface area (TPSA) is 69.6 Å². The zero-order valence-electron chi connectivity index (χ0n) is 10.1. The number of carbonyl (C=O) groups excluding carboxylic acids is 2. The standard InChI is InChI=1S/C11H20N2O3/c1-4-9-5-10(15)6-13(9)11(16)7(2)12-8(3)14/h7,9-10,15H,4-6H2,1-3H3,(H,12,14)/t7-,9?,10+/m0/s1. The van der Waals surface area contributed by atoms with Crippen LogP contribution in [0.4, 0.5) is 0 Å². The lowest BCUT2D eigenvalue weighted by Gasteiger charge is -2.26. The molecule has 2 amide bonds. The van der Waals surface area contributed by atoms with Gasteiger partial charge in [-0.05, 0) is 19.8 Å². The van der Waals surface area contributed by atoms with Crippen molar-refractivity contribution in [1.29, 1.82) is 0 Å². The Labute approximate surface area is 95.8 Å². The lowest BCUT2D eigenvalue weighted by molar-refractivity contribution is -0.136. The molecule has 0 aromatic heterocycles. The molecule has 5 heteroatoms. The predicted octanol–water partition coefficient (Wildman–Crippen LogP) is -0.117. The molecule has 0 radical (unpaired) electrons. The molecule has 3 atom stereocenters. The van der Waals surface area contributed by atoms with Crippen LogP contribution in [0.1, 0.15) is 33.6 Å². The molecule has 0 saturated carbocycles. The van der Waals surface area contributed by atoms with Gasteiger partial charge in [-0.25, -0.2) is 0 Å². The van der Waals surface area contributed by atoms with E-state index in [4.69, 9.17) is 0 Å². The quantitative estimate of drug-likeness (QED) is 0.707. The Morgan fingerprint density at radius 3 is 2.69 bits per heavy atom. The Morgan fingerprint density at radius 2 is 2.19 bits per heavy atom. The van der Waals surface area contributed by atoms with Gasteiger partial charge in [-0.15, -0.1) is 0 Å². The first-order valence-electron chi connectivity index (χ1n) is 5.71. The number of likely N-dealkylation sites (tertiary alicyclic amines) is 1. The van der Waals surface area contributed by atoms with Crippen LogP contribution in [-0.2, 0) is 9.59 Å². The van der Waals surface area contributed by atoms with E-state index in [1.807, 2.05) is 6.92 Å². The van der Waals surface area contributed by atoms with Crippen LogP contribution in [0.3, 0.4) is 0 Å². The largest absolute Gasteiger partial charge is 0.391 e. The van der Waals surface area contributed by atoms with E-state index in [1.54, 1.807) is 11.8 Å². The molecule has 5 nitrogen and oxygen atoms in total. The van der Waals surface area contributed by atoms with Crippen molar-refractivity contribution < 1.29 is 14.7 Å². The van der Waals surface area contributed by atoms with Gasteiger partial charge in [0, 0.05) is 19.5 Å². The van der Waals surface area contributed by atoms with Gasteiger partial charge in [-0.1, -0.05) is 6.92 Å². The molecule has 1 heterocycles. The van der Waals surface area contributed by atoms with Crippen molar-refractivity contribution in [3.8, 4) is 0 Å². The number of rotatable bonds is 3. The summed E-state index contributed by atoms with van der Waals surface area (Å²) in [6.45, 7) is 5.42. The van der Waals surface area contributed by atoms with Gasteiger partial charge in [-0.3, -0.25) is 9.59 Å². The van der Waals surface area contributed by atoms with Crippen LogP contribution in [-0.4, -0.2) is 46.6 Å². The van der Waals surface area contributed by atoms with E-state index < -0.39 is 12.1 Å². The van der Waals surface area contributed by atoms with E-state index in [0.29, 0.717) is 13.0 Å². The number of amides is 2. The van der Waals surface area contributed by atoms with Crippen molar-refractivity contribution in [2.45, 2.75) is 51.8 Å². The van der Waals surface area contributed by atoms with E-state index in [1.165, 1.54) is 6.92 Å².